The van der Waals surface area contributed by atoms with Gasteiger partial charge in [0.1, 0.15) is 0 Å². The number of rotatable bonds is 6. The Bertz CT molecular complexity index is 1420. The predicted octanol–water partition coefficient (Wildman–Crippen LogP) is 5.07. The third-order valence-electron chi connectivity index (χ3n) is 6.37. The fraction of sp³-hybridized carbons (Fsp3) is 0.214. The largest absolute Gasteiger partial charge is 0.349 e. The first-order chi connectivity index (χ1) is 17.6. The van der Waals surface area contributed by atoms with E-state index in [9.17, 15) is 9.59 Å². The Kier molecular flexibility index (Phi) is 6.86. The second-order valence-corrected chi connectivity index (χ2v) is 8.98. The van der Waals surface area contributed by atoms with E-state index in [4.69, 9.17) is 0 Å². The maximum Gasteiger partial charge on any atom is 0.299 e. The molecule has 1 aliphatic heterocycles. The number of aromatic nitrogens is 2. The van der Waals surface area contributed by atoms with Gasteiger partial charge >= 0.3 is 0 Å². The Hall–Kier alpha value is -4.30. The van der Waals surface area contributed by atoms with Gasteiger partial charge in [0, 0.05) is 17.2 Å². The number of hydrogen-bond donors (Lipinski definition) is 2. The summed E-state index contributed by atoms with van der Waals surface area (Å²) < 4.78 is 1.41. The van der Waals surface area contributed by atoms with Gasteiger partial charge in [-0.3, -0.25) is 14.7 Å². The minimum absolute atomic E-state index is 0.140. The van der Waals surface area contributed by atoms with Gasteiger partial charge in [-0.05, 0) is 63.3 Å². The van der Waals surface area contributed by atoms with Gasteiger partial charge in [-0.2, -0.15) is 5.11 Å². The summed E-state index contributed by atoms with van der Waals surface area (Å²) in [6.45, 7) is 1.93. The third kappa shape index (κ3) is 5.18. The van der Waals surface area contributed by atoms with Gasteiger partial charge in [0.25, 0.3) is 11.5 Å². The van der Waals surface area contributed by atoms with Crippen LogP contribution in [0.3, 0.4) is 0 Å². The number of hydrogen-bond acceptors (Lipinski definition) is 5. The first kappa shape index (κ1) is 23.4. The first-order valence-corrected chi connectivity index (χ1v) is 12.1. The molecular weight excluding hydrogens is 452 g/mol. The van der Waals surface area contributed by atoms with Gasteiger partial charge in [0.05, 0.1) is 17.1 Å². The second-order valence-electron chi connectivity index (χ2n) is 8.98. The molecule has 3 aromatic carbocycles. The van der Waals surface area contributed by atoms with Crippen molar-refractivity contribution >= 4 is 17.3 Å². The van der Waals surface area contributed by atoms with Gasteiger partial charge in [-0.15, -0.1) is 5.11 Å². The zero-order valence-corrected chi connectivity index (χ0v) is 20.1. The van der Waals surface area contributed by atoms with Crippen molar-refractivity contribution in [1.29, 1.82) is 0 Å². The molecule has 2 heterocycles. The molecule has 4 aromatic rings. The number of carbonyl (C=O) groups excluding carboxylic acids is 1. The van der Waals surface area contributed by atoms with Crippen LogP contribution in [0.25, 0.3) is 16.9 Å². The van der Waals surface area contributed by atoms with Crippen molar-refractivity contribution in [3.8, 4) is 16.9 Å². The van der Waals surface area contributed by atoms with Crippen LogP contribution in [-0.2, 0) is 0 Å². The average molecular weight is 481 g/mol. The lowest BCUT2D eigenvalue weighted by Gasteiger charge is -2.29. The van der Waals surface area contributed by atoms with Gasteiger partial charge in [0.2, 0.25) is 0 Å². The van der Waals surface area contributed by atoms with Crippen molar-refractivity contribution in [2.24, 2.45) is 10.2 Å². The van der Waals surface area contributed by atoms with Crippen molar-refractivity contribution in [3.05, 3.63) is 101 Å². The molecule has 8 nitrogen and oxygen atoms in total. The number of benzene rings is 3. The van der Waals surface area contributed by atoms with Crippen molar-refractivity contribution in [1.82, 2.24) is 20.0 Å². The number of carbonyl (C=O) groups is 1. The Morgan fingerprint density at radius 2 is 1.61 bits per heavy atom. The van der Waals surface area contributed by atoms with Crippen LogP contribution in [0.15, 0.2) is 100.0 Å². The molecule has 0 radical (unpaired) electrons. The highest BCUT2D eigenvalue weighted by molar-refractivity contribution is 5.95. The summed E-state index contributed by atoms with van der Waals surface area (Å²) in [5, 5.41) is 14.9. The molecule has 1 saturated heterocycles. The van der Waals surface area contributed by atoms with Crippen LogP contribution in [0.2, 0.25) is 0 Å². The lowest BCUT2D eigenvalue weighted by molar-refractivity contribution is 0.0917. The van der Waals surface area contributed by atoms with Crippen LogP contribution >= 0.6 is 0 Å². The van der Waals surface area contributed by atoms with Crippen molar-refractivity contribution in [2.45, 2.75) is 18.9 Å². The fourth-order valence-electron chi connectivity index (χ4n) is 4.32. The average Bonchev–Trinajstić information content (AvgIpc) is 3.26. The molecule has 1 amide bonds. The number of amides is 1. The topological polar surface area (TPSA) is 94.8 Å². The summed E-state index contributed by atoms with van der Waals surface area (Å²) in [4.78, 5) is 28.7. The molecule has 0 atom stereocenters. The number of nitrogens with one attached hydrogen (secondary N) is 2. The number of H-pyrrole nitrogens is 1. The zero-order valence-electron chi connectivity index (χ0n) is 20.1. The van der Waals surface area contributed by atoms with Crippen LogP contribution in [-0.4, -0.2) is 46.8 Å². The minimum atomic E-state index is -0.346. The Balaban J connectivity index is 1.48. The summed E-state index contributed by atoms with van der Waals surface area (Å²) in [7, 11) is 2.09. The van der Waals surface area contributed by atoms with Gasteiger partial charge in [0.15, 0.2) is 5.69 Å². The Morgan fingerprint density at radius 1 is 0.917 bits per heavy atom. The molecule has 182 valence electrons. The molecule has 1 aliphatic rings. The summed E-state index contributed by atoms with van der Waals surface area (Å²) in [5.41, 5.74) is 2.92. The lowest BCUT2D eigenvalue weighted by Crippen LogP contribution is -2.43. The molecular formula is C28H28N6O2. The summed E-state index contributed by atoms with van der Waals surface area (Å²) in [6.07, 6.45) is 1.85. The molecule has 1 aromatic heterocycles. The maximum absolute atomic E-state index is 13.5. The van der Waals surface area contributed by atoms with Gasteiger partial charge in [-0.25, -0.2) is 4.68 Å². The van der Waals surface area contributed by atoms with E-state index in [1.165, 1.54) is 4.68 Å². The van der Waals surface area contributed by atoms with Crippen LogP contribution in [0.1, 0.15) is 23.2 Å². The number of piperidine rings is 1. The standard InChI is InChI=1S/C28H28N6O2/c1-33-17-15-22(16-18-33)29-27(35)21-11-8-14-24(19-21)34-28(36)26(31-30-23-12-6-3-7-13-23)25(32-34)20-9-4-2-5-10-20/h2-14,19,22,32H,15-18H2,1H3,(H,29,35). The quantitative estimate of drug-likeness (QED) is 0.377. The number of likely N-dealkylation sites (tertiary alicyclic amines) is 1. The third-order valence-corrected chi connectivity index (χ3v) is 6.37. The highest BCUT2D eigenvalue weighted by Gasteiger charge is 2.21. The van der Waals surface area contributed by atoms with E-state index >= 15 is 0 Å². The van der Waals surface area contributed by atoms with Crippen molar-refractivity contribution in [3.63, 3.8) is 0 Å². The van der Waals surface area contributed by atoms with E-state index < -0.39 is 0 Å². The molecule has 0 aliphatic carbocycles. The van der Waals surface area contributed by atoms with Crippen LogP contribution in [0.5, 0.6) is 0 Å². The van der Waals surface area contributed by atoms with Gasteiger partial charge in [-0.1, -0.05) is 54.6 Å². The molecule has 0 bridgehead atoms. The second kappa shape index (κ2) is 10.5. The lowest BCUT2D eigenvalue weighted by atomic mass is 10.0. The Labute approximate surface area is 209 Å². The van der Waals surface area contributed by atoms with Crippen molar-refractivity contribution in [2.75, 3.05) is 20.1 Å². The van der Waals surface area contributed by atoms with Crippen molar-refractivity contribution < 1.29 is 4.79 Å². The number of nitrogens with zero attached hydrogens (tertiary/aromatic N) is 4. The summed E-state index contributed by atoms with van der Waals surface area (Å²) in [6, 6.07) is 26.0. The molecule has 0 saturated carbocycles. The molecule has 5 rings (SSSR count). The van der Waals surface area contributed by atoms with E-state index in [0.29, 0.717) is 22.6 Å². The van der Waals surface area contributed by atoms with Crippen LogP contribution < -0.4 is 10.9 Å². The molecule has 0 spiro atoms. The zero-order chi connectivity index (χ0) is 24.9. The van der Waals surface area contributed by atoms with E-state index in [-0.39, 0.29) is 23.2 Å². The smallest absolute Gasteiger partial charge is 0.299 e. The Morgan fingerprint density at radius 3 is 2.33 bits per heavy atom. The SMILES string of the molecule is CN1CCC(NC(=O)c2cccc(-n3[nH]c(-c4ccccc4)c(N=Nc4ccccc4)c3=O)c2)CC1. The van der Waals surface area contributed by atoms with E-state index in [1.807, 2.05) is 60.7 Å². The van der Waals surface area contributed by atoms with Gasteiger partial charge < -0.3 is 10.2 Å². The molecule has 2 N–H and O–H groups in total. The van der Waals surface area contributed by atoms with E-state index in [0.717, 1.165) is 31.5 Å². The highest BCUT2D eigenvalue weighted by atomic mass is 16.2. The predicted molar refractivity (Wildman–Crippen MR) is 140 cm³/mol. The highest BCUT2D eigenvalue weighted by Crippen LogP contribution is 2.28. The molecule has 0 unspecified atom stereocenters. The molecule has 36 heavy (non-hydrogen) atoms. The molecule has 1 fully saturated rings. The summed E-state index contributed by atoms with van der Waals surface area (Å²) >= 11 is 0. The van der Waals surface area contributed by atoms with E-state index in [2.05, 4.69) is 32.6 Å². The maximum atomic E-state index is 13.5. The summed E-state index contributed by atoms with van der Waals surface area (Å²) in [5.74, 6) is -0.140. The monoisotopic (exact) mass is 480 g/mol. The fourth-order valence-corrected chi connectivity index (χ4v) is 4.32. The first-order valence-electron chi connectivity index (χ1n) is 12.1. The molecule has 8 heteroatoms. The van der Waals surface area contributed by atoms with Crippen LogP contribution in [0, 0.1) is 0 Å². The normalized spacial score (nSPS) is 14.8. The van der Waals surface area contributed by atoms with E-state index in [1.54, 1.807) is 24.3 Å². The minimum Gasteiger partial charge on any atom is -0.349 e. The van der Waals surface area contributed by atoms with Crippen LogP contribution in [0.4, 0.5) is 11.4 Å². The number of azo groups is 1. The number of aromatic amines is 1.